The van der Waals surface area contributed by atoms with Gasteiger partial charge in [-0.2, -0.15) is 0 Å². The van der Waals surface area contributed by atoms with Crippen molar-refractivity contribution in [2.45, 2.75) is 38.6 Å². The Labute approximate surface area is 125 Å². The first-order chi connectivity index (χ1) is 10.0. The van der Waals surface area contributed by atoms with Crippen LogP contribution in [-0.4, -0.2) is 23.7 Å². The summed E-state index contributed by atoms with van der Waals surface area (Å²) in [5.41, 5.74) is 2.01. The smallest absolute Gasteiger partial charge is 0.306 e. The fraction of sp³-hybridized carbons (Fsp3) is 0.471. The predicted octanol–water partition coefficient (Wildman–Crippen LogP) is 3.70. The molecule has 1 fully saturated rings. The Balaban J connectivity index is 1.87. The maximum atomic E-state index is 10.9. The topological polar surface area (TPSA) is 58.6 Å². The average Bonchev–Trinajstić information content (AvgIpc) is 2.46. The molecule has 4 nitrogen and oxygen atoms in total. The quantitative estimate of drug-likeness (QED) is 0.784. The summed E-state index contributed by atoms with van der Waals surface area (Å²) >= 11 is 0. The van der Waals surface area contributed by atoms with Crippen LogP contribution in [0.25, 0.3) is 0 Å². The number of hydrogen-bond acceptors (Lipinski definition) is 3. The second-order valence-electron chi connectivity index (χ2n) is 5.80. The van der Waals surface area contributed by atoms with Gasteiger partial charge in [0.1, 0.15) is 12.4 Å². The highest BCUT2D eigenvalue weighted by Crippen LogP contribution is 2.27. The zero-order valence-corrected chi connectivity index (χ0v) is 12.5. The van der Waals surface area contributed by atoms with Crippen molar-refractivity contribution in [3.8, 4) is 5.75 Å². The second-order valence-corrected chi connectivity index (χ2v) is 5.80. The molecule has 0 unspecified atom stereocenters. The summed E-state index contributed by atoms with van der Waals surface area (Å²) < 4.78 is 5.63. The number of hydrogen-bond donors (Lipinski definition) is 2. The van der Waals surface area contributed by atoms with Crippen molar-refractivity contribution >= 4 is 11.7 Å². The minimum Gasteiger partial charge on any atom is -0.489 e. The molecule has 0 heterocycles. The van der Waals surface area contributed by atoms with Gasteiger partial charge < -0.3 is 15.2 Å². The molecule has 0 bridgehead atoms. The summed E-state index contributed by atoms with van der Waals surface area (Å²) in [7, 11) is 0. The molecule has 21 heavy (non-hydrogen) atoms. The number of nitrogens with one attached hydrogen (secondary N) is 1. The molecular formula is C17H23NO3. The molecule has 2 rings (SSSR count). The molecule has 0 aliphatic heterocycles. The highest BCUT2D eigenvalue weighted by Gasteiger charge is 2.25. The van der Waals surface area contributed by atoms with E-state index in [2.05, 4.69) is 11.9 Å². The van der Waals surface area contributed by atoms with Crippen LogP contribution in [-0.2, 0) is 4.79 Å². The van der Waals surface area contributed by atoms with E-state index in [0.717, 1.165) is 42.7 Å². The summed E-state index contributed by atoms with van der Waals surface area (Å²) in [5.74, 6) is -0.0147. The fourth-order valence-electron chi connectivity index (χ4n) is 2.60. The van der Waals surface area contributed by atoms with Crippen LogP contribution in [0.5, 0.6) is 5.75 Å². The highest BCUT2D eigenvalue weighted by molar-refractivity contribution is 5.70. The lowest BCUT2D eigenvalue weighted by molar-refractivity contribution is -0.142. The lowest BCUT2D eigenvalue weighted by Gasteiger charge is -2.27. The van der Waals surface area contributed by atoms with Crippen LogP contribution in [0.3, 0.4) is 0 Å². The van der Waals surface area contributed by atoms with Gasteiger partial charge in [0.2, 0.25) is 0 Å². The zero-order valence-electron chi connectivity index (χ0n) is 12.5. The van der Waals surface area contributed by atoms with Crippen molar-refractivity contribution in [1.82, 2.24) is 0 Å². The van der Waals surface area contributed by atoms with Crippen molar-refractivity contribution < 1.29 is 14.6 Å². The zero-order chi connectivity index (χ0) is 15.2. The van der Waals surface area contributed by atoms with Crippen LogP contribution < -0.4 is 10.1 Å². The third-order valence-corrected chi connectivity index (χ3v) is 3.77. The number of benzene rings is 1. The van der Waals surface area contributed by atoms with Gasteiger partial charge in [0.05, 0.1) is 5.92 Å². The molecule has 0 spiro atoms. The van der Waals surface area contributed by atoms with Gasteiger partial charge in [0, 0.05) is 17.8 Å². The Morgan fingerprint density at radius 1 is 1.38 bits per heavy atom. The molecule has 0 atom stereocenters. The summed E-state index contributed by atoms with van der Waals surface area (Å²) in [6.45, 7) is 6.27. The number of carbonyl (C=O) groups is 1. The largest absolute Gasteiger partial charge is 0.489 e. The van der Waals surface area contributed by atoms with Gasteiger partial charge in [-0.25, -0.2) is 0 Å². The molecule has 1 aromatic rings. The monoisotopic (exact) mass is 289 g/mol. The Morgan fingerprint density at radius 2 is 2.10 bits per heavy atom. The highest BCUT2D eigenvalue weighted by atomic mass is 16.5. The van der Waals surface area contributed by atoms with Crippen LogP contribution in [0.1, 0.15) is 32.6 Å². The SMILES string of the molecule is C=C(C)COc1cccc(NC2CCC(C(=O)O)CC2)c1. The minimum absolute atomic E-state index is 0.173. The van der Waals surface area contributed by atoms with Crippen molar-refractivity contribution in [2.24, 2.45) is 5.92 Å². The number of ether oxygens (including phenoxy) is 1. The van der Waals surface area contributed by atoms with Gasteiger partial charge in [0.25, 0.3) is 0 Å². The molecule has 1 aromatic carbocycles. The number of anilines is 1. The van der Waals surface area contributed by atoms with E-state index in [1.165, 1.54) is 0 Å². The number of aliphatic carboxylic acids is 1. The molecule has 2 N–H and O–H groups in total. The standard InChI is InChI=1S/C17H23NO3/c1-12(2)11-21-16-5-3-4-15(10-16)18-14-8-6-13(7-9-14)17(19)20/h3-5,10,13-14,18H,1,6-9,11H2,2H3,(H,19,20). The van der Waals surface area contributed by atoms with E-state index in [9.17, 15) is 4.79 Å². The first kappa shape index (κ1) is 15.4. The Hall–Kier alpha value is -1.97. The van der Waals surface area contributed by atoms with E-state index >= 15 is 0 Å². The van der Waals surface area contributed by atoms with E-state index < -0.39 is 5.97 Å². The van der Waals surface area contributed by atoms with Crippen LogP contribution in [0, 0.1) is 5.92 Å². The van der Waals surface area contributed by atoms with Crippen molar-refractivity contribution in [1.29, 1.82) is 0 Å². The van der Waals surface area contributed by atoms with Crippen LogP contribution in [0.2, 0.25) is 0 Å². The summed E-state index contributed by atoms with van der Waals surface area (Å²) in [4.78, 5) is 10.9. The molecule has 1 saturated carbocycles. The van der Waals surface area contributed by atoms with Gasteiger partial charge in [-0.1, -0.05) is 12.6 Å². The molecule has 0 aromatic heterocycles. The molecule has 0 amide bonds. The van der Waals surface area contributed by atoms with Crippen molar-refractivity contribution in [3.63, 3.8) is 0 Å². The van der Waals surface area contributed by atoms with E-state index in [4.69, 9.17) is 9.84 Å². The van der Waals surface area contributed by atoms with Gasteiger partial charge in [-0.3, -0.25) is 4.79 Å². The molecule has 114 valence electrons. The van der Waals surface area contributed by atoms with Gasteiger partial charge in [-0.05, 0) is 50.3 Å². The van der Waals surface area contributed by atoms with Crippen molar-refractivity contribution in [2.75, 3.05) is 11.9 Å². The molecule has 0 radical (unpaired) electrons. The van der Waals surface area contributed by atoms with Gasteiger partial charge in [-0.15, -0.1) is 0 Å². The molecule has 4 heteroatoms. The summed E-state index contributed by atoms with van der Waals surface area (Å²) in [5, 5.41) is 12.5. The maximum Gasteiger partial charge on any atom is 0.306 e. The fourth-order valence-corrected chi connectivity index (χ4v) is 2.60. The van der Waals surface area contributed by atoms with Gasteiger partial charge in [0.15, 0.2) is 0 Å². The van der Waals surface area contributed by atoms with Crippen LogP contribution in [0.4, 0.5) is 5.69 Å². The molecule has 1 aliphatic rings. The number of carboxylic acids is 1. The van der Waals surface area contributed by atoms with E-state index in [-0.39, 0.29) is 5.92 Å². The first-order valence-electron chi connectivity index (χ1n) is 7.41. The van der Waals surface area contributed by atoms with E-state index in [1.54, 1.807) is 0 Å². The minimum atomic E-state index is -0.663. The number of carboxylic acid groups (broad SMARTS) is 1. The van der Waals surface area contributed by atoms with Crippen LogP contribution >= 0.6 is 0 Å². The molecule has 1 aliphatic carbocycles. The maximum absolute atomic E-state index is 10.9. The molecule has 0 saturated heterocycles. The Morgan fingerprint density at radius 3 is 2.71 bits per heavy atom. The Bertz CT molecular complexity index is 505. The number of rotatable bonds is 6. The predicted molar refractivity (Wildman–Crippen MR) is 83.8 cm³/mol. The summed E-state index contributed by atoms with van der Waals surface area (Å²) in [6.07, 6.45) is 3.29. The third-order valence-electron chi connectivity index (χ3n) is 3.77. The first-order valence-corrected chi connectivity index (χ1v) is 7.41. The molecular weight excluding hydrogens is 266 g/mol. The lowest BCUT2D eigenvalue weighted by Crippen LogP contribution is -2.29. The van der Waals surface area contributed by atoms with E-state index in [0.29, 0.717) is 12.6 Å². The van der Waals surface area contributed by atoms with Crippen molar-refractivity contribution in [3.05, 3.63) is 36.4 Å². The van der Waals surface area contributed by atoms with E-state index in [1.807, 2.05) is 31.2 Å². The Kier molecular flexibility index (Phi) is 5.26. The van der Waals surface area contributed by atoms with Crippen LogP contribution in [0.15, 0.2) is 36.4 Å². The lowest BCUT2D eigenvalue weighted by atomic mass is 9.86. The third kappa shape index (κ3) is 4.81. The second kappa shape index (κ2) is 7.16. The van der Waals surface area contributed by atoms with Gasteiger partial charge >= 0.3 is 5.97 Å². The average molecular weight is 289 g/mol. The summed E-state index contributed by atoms with van der Waals surface area (Å²) in [6, 6.07) is 8.22. The normalized spacial score (nSPS) is 21.6.